The molecular weight excluding hydrogens is 486 g/mol. The molecule has 0 aliphatic rings. The fraction of sp³-hybridized carbons (Fsp3) is 0.0833. The van der Waals surface area contributed by atoms with Crippen LogP contribution in [-0.2, 0) is 11.3 Å². The molecule has 3 aromatic carbocycles. The molecule has 0 aliphatic heterocycles. The third-order valence-corrected chi connectivity index (χ3v) is 5.75. The van der Waals surface area contributed by atoms with Crippen molar-refractivity contribution in [1.29, 1.82) is 0 Å². The Morgan fingerprint density at radius 2 is 1.79 bits per heavy atom. The molecule has 0 saturated heterocycles. The molecule has 0 amide bonds. The van der Waals surface area contributed by atoms with Gasteiger partial charge < -0.3 is 19.8 Å². The van der Waals surface area contributed by atoms with E-state index in [9.17, 15) is 4.79 Å². The van der Waals surface area contributed by atoms with Crippen molar-refractivity contribution < 1.29 is 14.3 Å². The number of halogens is 1. The lowest BCUT2D eigenvalue weighted by Gasteiger charge is -2.12. The number of aromatic nitrogens is 1. The topological polar surface area (TPSA) is 117 Å². The number of methoxy groups -OCH3 is 1. The van der Waals surface area contributed by atoms with E-state index in [1.807, 2.05) is 77.4 Å². The second kappa shape index (κ2) is 9.76. The molecule has 1 aromatic heterocycles. The number of nitrogens with zero attached hydrogens (tertiary/aromatic N) is 2. The van der Waals surface area contributed by atoms with Crippen molar-refractivity contribution in [2.75, 3.05) is 7.11 Å². The Kier molecular flexibility index (Phi) is 6.62. The number of hydrogen-bond donors (Lipinski definition) is 3. The average Bonchev–Trinajstić information content (AvgIpc) is 3.18. The van der Waals surface area contributed by atoms with E-state index < -0.39 is 5.97 Å². The normalized spacial score (nSPS) is 11.4. The molecule has 4 aromatic rings. The molecule has 0 radical (unpaired) electrons. The Morgan fingerprint density at radius 3 is 2.45 bits per heavy atom. The van der Waals surface area contributed by atoms with E-state index in [1.54, 1.807) is 0 Å². The van der Waals surface area contributed by atoms with Crippen molar-refractivity contribution in [3.05, 3.63) is 94.1 Å². The van der Waals surface area contributed by atoms with Gasteiger partial charge in [0.2, 0.25) is 0 Å². The number of amidine groups is 1. The number of esters is 1. The number of hydrazine groups is 1. The van der Waals surface area contributed by atoms with Gasteiger partial charge in [0.05, 0.1) is 12.6 Å². The van der Waals surface area contributed by atoms with Gasteiger partial charge in [-0.2, -0.15) is 0 Å². The molecule has 0 fully saturated rings. The van der Waals surface area contributed by atoms with Crippen LogP contribution < -0.4 is 21.8 Å². The highest BCUT2D eigenvalue weighted by atomic mass is 79.9. The van der Waals surface area contributed by atoms with Crippen LogP contribution in [0, 0.1) is 0 Å². The van der Waals surface area contributed by atoms with Crippen molar-refractivity contribution in [2.24, 2.45) is 16.7 Å². The molecule has 0 saturated carbocycles. The predicted molar refractivity (Wildman–Crippen MR) is 131 cm³/mol. The minimum Gasteiger partial charge on any atom is -0.464 e. The first-order chi connectivity index (χ1) is 16.0. The van der Waals surface area contributed by atoms with Gasteiger partial charge in [-0.3, -0.25) is 0 Å². The van der Waals surface area contributed by atoms with Crippen LogP contribution in [0.4, 0.5) is 0 Å². The van der Waals surface area contributed by atoms with Gasteiger partial charge in [0.15, 0.2) is 5.84 Å². The molecule has 9 heteroatoms. The molecule has 168 valence electrons. The maximum Gasteiger partial charge on any atom is 0.354 e. The third-order valence-electron chi connectivity index (χ3n) is 5.09. The van der Waals surface area contributed by atoms with Gasteiger partial charge >= 0.3 is 5.97 Å². The fourth-order valence-electron chi connectivity index (χ4n) is 3.51. The Labute approximate surface area is 198 Å². The Balaban J connectivity index is 1.76. The minimum absolute atomic E-state index is 0.275. The minimum atomic E-state index is -0.425. The van der Waals surface area contributed by atoms with Gasteiger partial charge in [0, 0.05) is 28.0 Å². The molecule has 0 atom stereocenters. The maximum atomic E-state index is 12.6. The maximum absolute atomic E-state index is 12.6. The lowest BCUT2D eigenvalue weighted by Crippen LogP contribution is -2.23. The summed E-state index contributed by atoms with van der Waals surface area (Å²) < 4.78 is 13.8. The van der Waals surface area contributed by atoms with E-state index in [4.69, 9.17) is 21.1 Å². The molecule has 0 unspecified atom stereocenters. The molecule has 0 aliphatic carbocycles. The SMILES string of the molecule is COC(=O)c1cc2c(Br)cc(Oc3ccccc3)cc2n1Cc1ccc(/C(N)=N/NN)cc1. The van der Waals surface area contributed by atoms with Gasteiger partial charge in [0.25, 0.3) is 0 Å². The first kappa shape index (κ1) is 22.4. The van der Waals surface area contributed by atoms with Crippen molar-refractivity contribution in [3.63, 3.8) is 0 Å². The van der Waals surface area contributed by atoms with E-state index in [-0.39, 0.29) is 5.84 Å². The van der Waals surface area contributed by atoms with E-state index in [0.29, 0.717) is 18.0 Å². The van der Waals surface area contributed by atoms with Crippen LogP contribution in [0.15, 0.2) is 82.4 Å². The van der Waals surface area contributed by atoms with Crippen molar-refractivity contribution in [3.8, 4) is 11.5 Å². The average molecular weight is 508 g/mol. The smallest absolute Gasteiger partial charge is 0.354 e. The van der Waals surface area contributed by atoms with Crippen LogP contribution in [0.3, 0.4) is 0 Å². The molecule has 5 N–H and O–H groups in total. The van der Waals surface area contributed by atoms with Crippen molar-refractivity contribution in [1.82, 2.24) is 10.1 Å². The zero-order chi connectivity index (χ0) is 23.4. The van der Waals surface area contributed by atoms with Gasteiger partial charge in [-0.05, 0) is 45.8 Å². The molecule has 0 bridgehead atoms. The largest absolute Gasteiger partial charge is 0.464 e. The van der Waals surface area contributed by atoms with Gasteiger partial charge in [-0.15, -0.1) is 5.10 Å². The number of nitrogens with two attached hydrogens (primary N) is 2. The predicted octanol–water partition coefficient (Wildman–Crippen LogP) is 4.11. The van der Waals surface area contributed by atoms with E-state index in [2.05, 4.69) is 26.6 Å². The number of carbonyl (C=O) groups excluding carboxylic acids is 1. The number of ether oxygens (including phenoxy) is 2. The number of benzene rings is 3. The van der Waals surface area contributed by atoms with Crippen molar-refractivity contribution in [2.45, 2.75) is 6.54 Å². The van der Waals surface area contributed by atoms with Crippen LogP contribution >= 0.6 is 15.9 Å². The van der Waals surface area contributed by atoms with E-state index in [0.717, 1.165) is 32.3 Å². The summed E-state index contributed by atoms with van der Waals surface area (Å²) in [6.45, 7) is 0.432. The lowest BCUT2D eigenvalue weighted by atomic mass is 10.1. The Morgan fingerprint density at radius 1 is 1.06 bits per heavy atom. The van der Waals surface area contributed by atoms with E-state index in [1.165, 1.54) is 7.11 Å². The van der Waals surface area contributed by atoms with Gasteiger partial charge in [-0.1, -0.05) is 42.5 Å². The summed E-state index contributed by atoms with van der Waals surface area (Å²) in [5.41, 5.74) is 11.0. The summed E-state index contributed by atoms with van der Waals surface area (Å²) in [4.78, 5) is 12.6. The highest BCUT2D eigenvalue weighted by Gasteiger charge is 2.19. The highest BCUT2D eigenvalue weighted by molar-refractivity contribution is 9.10. The molecule has 33 heavy (non-hydrogen) atoms. The third kappa shape index (κ3) is 4.84. The highest BCUT2D eigenvalue weighted by Crippen LogP contribution is 2.34. The number of hydrogen-bond acceptors (Lipinski definition) is 6. The van der Waals surface area contributed by atoms with E-state index >= 15 is 0 Å². The number of rotatable bonds is 7. The standard InChI is InChI=1S/C24H22BrN5O3/c1-32-24(31)22-13-19-20(25)11-18(33-17-5-3-2-4-6-17)12-21(19)30(22)14-15-7-9-16(10-8-15)23(26)28-29-27/h2-13,29H,14,27H2,1H3,(H2,26,28). The quantitative estimate of drug-likeness (QED) is 0.114. The summed E-state index contributed by atoms with van der Waals surface area (Å²) in [6.07, 6.45) is 0. The molecule has 8 nitrogen and oxygen atoms in total. The summed E-state index contributed by atoms with van der Waals surface area (Å²) in [5.74, 6) is 6.41. The summed E-state index contributed by atoms with van der Waals surface area (Å²) in [5, 5.41) is 4.65. The lowest BCUT2D eigenvalue weighted by molar-refractivity contribution is 0.0589. The Hall–Kier alpha value is -3.82. The molecule has 0 spiro atoms. The van der Waals surface area contributed by atoms with Crippen molar-refractivity contribution >= 4 is 38.6 Å². The number of fused-ring (bicyclic) bond motifs is 1. The first-order valence-corrected chi connectivity index (χ1v) is 10.8. The van der Waals surface area contributed by atoms with Crippen LogP contribution in [0.25, 0.3) is 10.9 Å². The summed E-state index contributed by atoms with van der Waals surface area (Å²) in [6, 6.07) is 22.6. The Bertz CT molecular complexity index is 1320. The van der Waals surface area contributed by atoms with Crippen LogP contribution in [0.5, 0.6) is 11.5 Å². The number of para-hydroxylation sites is 1. The molecule has 1 heterocycles. The monoisotopic (exact) mass is 507 g/mol. The van der Waals surface area contributed by atoms with Gasteiger partial charge in [0.1, 0.15) is 17.2 Å². The molecule has 4 rings (SSSR count). The zero-order valence-corrected chi connectivity index (χ0v) is 19.4. The summed E-state index contributed by atoms with van der Waals surface area (Å²) >= 11 is 3.62. The second-order valence-electron chi connectivity index (χ2n) is 7.18. The zero-order valence-electron chi connectivity index (χ0n) is 17.8. The van der Waals surface area contributed by atoms with Crippen LogP contribution in [0.1, 0.15) is 21.6 Å². The first-order valence-electron chi connectivity index (χ1n) is 10.0. The number of nitrogens with one attached hydrogen (secondary N) is 1. The second-order valence-corrected chi connectivity index (χ2v) is 8.04. The number of carbonyl (C=O) groups is 1. The molecular formula is C24H22BrN5O3. The number of hydrazone groups is 1. The van der Waals surface area contributed by atoms with Gasteiger partial charge in [-0.25, -0.2) is 16.2 Å². The van der Waals surface area contributed by atoms with Crippen LogP contribution in [0.2, 0.25) is 0 Å². The van der Waals surface area contributed by atoms with Crippen LogP contribution in [-0.4, -0.2) is 23.5 Å². The summed E-state index contributed by atoms with van der Waals surface area (Å²) in [7, 11) is 1.37. The fourth-order valence-corrected chi connectivity index (χ4v) is 4.06.